The average molecular weight is 327 g/mol. The summed E-state index contributed by atoms with van der Waals surface area (Å²) in [5.41, 5.74) is 7.47. The largest absolute Gasteiger partial charge is 0.277 e. The lowest BCUT2D eigenvalue weighted by Crippen LogP contribution is -2.03. The van der Waals surface area contributed by atoms with Crippen LogP contribution in [0, 0.1) is 13.8 Å². The van der Waals surface area contributed by atoms with Gasteiger partial charge >= 0.3 is 0 Å². The predicted octanol–water partition coefficient (Wildman–Crippen LogP) is 5.27. The lowest BCUT2D eigenvalue weighted by molar-refractivity contribution is 0.957. The lowest BCUT2D eigenvalue weighted by Gasteiger charge is -2.11. The van der Waals surface area contributed by atoms with Gasteiger partial charge in [0.05, 0.1) is 11.2 Å². The lowest BCUT2D eigenvalue weighted by atomic mass is 10.0. The number of hydrogen-bond acceptors (Lipinski definition) is 2. The van der Waals surface area contributed by atoms with Crippen LogP contribution in [0.2, 0.25) is 0 Å². The van der Waals surface area contributed by atoms with Crippen LogP contribution < -0.4 is 0 Å². The third-order valence-corrected chi connectivity index (χ3v) is 4.66. The van der Waals surface area contributed by atoms with Crippen LogP contribution in [0.1, 0.15) is 23.6 Å². The highest BCUT2D eigenvalue weighted by atomic mass is 15.2. The highest BCUT2D eigenvalue weighted by Crippen LogP contribution is 2.37. The van der Waals surface area contributed by atoms with E-state index in [9.17, 15) is 0 Å². The molecule has 0 aliphatic rings. The van der Waals surface area contributed by atoms with Crippen LogP contribution in [0.5, 0.6) is 0 Å². The van der Waals surface area contributed by atoms with Crippen LogP contribution in [0.25, 0.3) is 28.1 Å². The van der Waals surface area contributed by atoms with Crippen molar-refractivity contribution in [1.29, 1.82) is 0 Å². The maximum atomic E-state index is 4.55. The highest BCUT2D eigenvalue weighted by Gasteiger charge is 2.21. The molecule has 0 fully saturated rings. The molecule has 3 nitrogen and oxygen atoms in total. The zero-order valence-corrected chi connectivity index (χ0v) is 14.8. The molecule has 0 aliphatic heterocycles. The predicted molar refractivity (Wildman–Crippen MR) is 103 cm³/mol. The van der Waals surface area contributed by atoms with Crippen molar-refractivity contribution in [3.05, 3.63) is 77.6 Å². The quantitative estimate of drug-likeness (QED) is 0.513. The van der Waals surface area contributed by atoms with Crippen molar-refractivity contribution in [3.8, 4) is 17.2 Å². The number of aromatic nitrogens is 3. The minimum atomic E-state index is 0.720. The Bertz CT molecular complexity index is 1030. The van der Waals surface area contributed by atoms with E-state index in [4.69, 9.17) is 0 Å². The monoisotopic (exact) mass is 327 g/mol. The van der Waals surface area contributed by atoms with Gasteiger partial charge in [-0.05, 0) is 49.1 Å². The van der Waals surface area contributed by atoms with Crippen LogP contribution in [0.15, 0.2) is 60.9 Å². The molecule has 4 rings (SSSR count). The molecule has 0 amide bonds. The first-order valence-corrected chi connectivity index (χ1v) is 8.68. The summed E-state index contributed by atoms with van der Waals surface area (Å²) in [5, 5.41) is 1.30. The van der Waals surface area contributed by atoms with Crippen molar-refractivity contribution in [2.75, 3.05) is 0 Å². The van der Waals surface area contributed by atoms with E-state index in [1.54, 1.807) is 12.4 Å². The van der Waals surface area contributed by atoms with Crippen LogP contribution in [-0.2, 0) is 6.42 Å². The maximum Gasteiger partial charge on any atom is 0.234 e. The molecule has 0 atom stereocenters. The number of nitrogens with zero attached hydrogens (tertiary/aromatic N) is 3. The molecule has 4 aromatic rings. The van der Waals surface area contributed by atoms with Crippen molar-refractivity contribution in [2.45, 2.75) is 27.2 Å². The summed E-state index contributed by atoms with van der Waals surface area (Å²) in [5.74, 6) is 0.720. The first-order chi connectivity index (χ1) is 12.2. The van der Waals surface area contributed by atoms with Gasteiger partial charge in [0.1, 0.15) is 0 Å². The Kier molecular flexibility index (Phi) is 3.85. The van der Waals surface area contributed by atoms with E-state index in [0.29, 0.717) is 0 Å². The summed E-state index contributed by atoms with van der Waals surface area (Å²) >= 11 is 0. The van der Waals surface area contributed by atoms with E-state index >= 15 is 0 Å². The molecule has 0 radical (unpaired) electrons. The summed E-state index contributed by atoms with van der Waals surface area (Å²) in [7, 11) is 0. The van der Waals surface area contributed by atoms with Crippen LogP contribution >= 0.6 is 0 Å². The Hall–Kier alpha value is -2.94. The SMILES string of the molecule is CCc1c(-c2ccccc2)n(-c2ncccn2)c2c(C)cc(C)cc12. The van der Waals surface area contributed by atoms with E-state index in [2.05, 4.69) is 77.8 Å². The number of rotatable bonds is 3. The fourth-order valence-electron chi connectivity index (χ4n) is 3.73. The Morgan fingerprint density at radius 2 is 1.64 bits per heavy atom. The molecular weight excluding hydrogens is 306 g/mol. The summed E-state index contributed by atoms with van der Waals surface area (Å²) in [6.45, 7) is 6.54. The average Bonchev–Trinajstić information content (AvgIpc) is 2.97. The van der Waals surface area contributed by atoms with Gasteiger partial charge < -0.3 is 0 Å². The van der Waals surface area contributed by atoms with Gasteiger partial charge in [-0.15, -0.1) is 0 Å². The van der Waals surface area contributed by atoms with Gasteiger partial charge in [0.15, 0.2) is 0 Å². The molecule has 3 heteroatoms. The zero-order chi connectivity index (χ0) is 17.4. The van der Waals surface area contributed by atoms with E-state index in [1.807, 2.05) is 6.07 Å². The second-order valence-corrected chi connectivity index (χ2v) is 6.41. The fourth-order valence-corrected chi connectivity index (χ4v) is 3.73. The van der Waals surface area contributed by atoms with Crippen LogP contribution in [-0.4, -0.2) is 14.5 Å². The maximum absolute atomic E-state index is 4.55. The molecule has 25 heavy (non-hydrogen) atoms. The molecule has 0 unspecified atom stereocenters. The van der Waals surface area contributed by atoms with E-state index < -0.39 is 0 Å². The number of hydrogen-bond donors (Lipinski definition) is 0. The van der Waals surface area contributed by atoms with Gasteiger partial charge in [0.25, 0.3) is 0 Å². The highest BCUT2D eigenvalue weighted by molar-refractivity contribution is 5.95. The second-order valence-electron chi connectivity index (χ2n) is 6.41. The molecule has 124 valence electrons. The Labute approximate surface area is 148 Å². The van der Waals surface area contributed by atoms with Crippen molar-refractivity contribution in [1.82, 2.24) is 14.5 Å². The van der Waals surface area contributed by atoms with E-state index in [0.717, 1.165) is 12.4 Å². The number of benzene rings is 2. The number of aryl methyl sites for hydroxylation is 3. The topological polar surface area (TPSA) is 30.7 Å². The minimum absolute atomic E-state index is 0.720. The third kappa shape index (κ3) is 2.52. The molecule has 0 aliphatic carbocycles. The molecular formula is C22H21N3. The summed E-state index contributed by atoms with van der Waals surface area (Å²) in [6, 6.07) is 16.9. The molecule has 0 saturated carbocycles. The van der Waals surface area contributed by atoms with E-state index in [1.165, 1.54) is 38.9 Å². The van der Waals surface area contributed by atoms with Crippen molar-refractivity contribution < 1.29 is 0 Å². The first kappa shape index (κ1) is 15.6. The van der Waals surface area contributed by atoms with Gasteiger partial charge in [0.2, 0.25) is 5.95 Å². The summed E-state index contributed by atoms with van der Waals surface area (Å²) in [6.07, 6.45) is 4.57. The molecule has 2 heterocycles. The van der Waals surface area contributed by atoms with Crippen molar-refractivity contribution in [2.24, 2.45) is 0 Å². The molecule has 2 aromatic carbocycles. The van der Waals surface area contributed by atoms with Crippen LogP contribution in [0.4, 0.5) is 0 Å². The molecule has 0 spiro atoms. The van der Waals surface area contributed by atoms with Crippen molar-refractivity contribution in [3.63, 3.8) is 0 Å². The van der Waals surface area contributed by atoms with Gasteiger partial charge in [0, 0.05) is 17.8 Å². The number of fused-ring (bicyclic) bond motifs is 1. The summed E-state index contributed by atoms with van der Waals surface area (Å²) in [4.78, 5) is 9.10. The Balaban J connectivity index is 2.21. The third-order valence-electron chi connectivity index (χ3n) is 4.66. The summed E-state index contributed by atoms with van der Waals surface area (Å²) < 4.78 is 2.22. The van der Waals surface area contributed by atoms with Gasteiger partial charge in [-0.2, -0.15) is 0 Å². The smallest absolute Gasteiger partial charge is 0.234 e. The first-order valence-electron chi connectivity index (χ1n) is 8.68. The standard InChI is InChI=1S/C22H21N3/c1-4-18-19-14-15(2)13-16(3)20(19)25(22-23-11-8-12-24-22)21(18)17-9-6-5-7-10-17/h5-14H,4H2,1-3H3. The zero-order valence-electron chi connectivity index (χ0n) is 14.8. The fraction of sp³-hybridized carbons (Fsp3) is 0.182. The van der Waals surface area contributed by atoms with Crippen LogP contribution in [0.3, 0.4) is 0 Å². The molecule has 2 aromatic heterocycles. The molecule has 0 saturated heterocycles. The van der Waals surface area contributed by atoms with Crippen molar-refractivity contribution >= 4 is 10.9 Å². The normalized spacial score (nSPS) is 11.2. The van der Waals surface area contributed by atoms with E-state index in [-0.39, 0.29) is 0 Å². The molecule has 0 bridgehead atoms. The Morgan fingerprint density at radius 3 is 2.32 bits per heavy atom. The van der Waals surface area contributed by atoms with Gasteiger partial charge in [-0.1, -0.05) is 48.9 Å². The van der Waals surface area contributed by atoms with Gasteiger partial charge in [-0.25, -0.2) is 9.97 Å². The molecule has 0 N–H and O–H groups in total. The second kappa shape index (κ2) is 6.17. The minimum Gasteiger partial charge on any atom is -0.277 e. The Morgan fingerprint density at radius 1 is 0.920 bits per heavy atom. The van der Waals surface area contributed by atoms with Gasteiger partial charge in [-0.3, -0.25) is 4.57 Å².